The molecule has 3 aliphatic carbocycles. The molecule has 3 saturated carbocycles. The molecule has 0 radical (unpaired) electrons. The standard InChI is InChI=1S/C15H26O/c1-10-11-8-15(11)13(2,3)6-5-7-14(15,4)9-12(10)16/h10-12,16H,5-9H2,1-4H3/t10-,11-,12-,14-,15-/m0/s1. The molecule has 1 spiro atoms. The number of hydrogen-bond acceptors (Lipinski definition) is 1. The lowest BCUT2D eigenvalue weighted by Gasteiger charge is -2.57. The maximum absolute atomic E-state index is 10.2. The molecule has 3 rings (SSSR count). The lowest BCUT2D eigenvalue weighted by Crippen LogP contribution is -2.51. The number of rotatable bonds is 0. The minimum atomic E-state index is -0.0421. The van der Waals surface area contributed by atoms with E-state index in [2.05, 4.69) is 27.7 Å². The third-order valence-corrected chi connectivity index (χ3v) is 6.73. The van der Waals surface area contributed by atoms with Gasteiger partial charge < -0.3 is 5.11 Å². The van der Waals surface area contributed by atoms with Gasteiger partial charge in [-0.05, 0) is 53.8 Å². The van der Waals surface area contributed by atoms with Crippen molar-refractivity contribution < 1.29 is 5.11 Å². The molecule has 16 heavy (non-hydrogen) atoms. The second-order valence-electron chi connectivity index (χ2n) is 7.71. The maximum Gasteiger partial charge on any atom is 0.0574 e. The Hall–Kier alpha value is -0.0400. The Labute approximate surface area is 99.6 Å². The molecule has 0 aromatic heterocycles. The van der Waals surface area contributed by atoms with E-state index in [0.29, 0.717) is 22.2 Å². The Kier molecular flexibility index (Phi) is 1.98. The molecule has 5 atom stereocenters. The van der Waals surface area contributed by atoms with Crippen molar-refractivity contribution >= 4 is 0 Å². The largest absolute Gasteiger partial charge is 0.393 e. The molecule has 0 aromatic rings. The van der Waals surface area contributed by atoms with Crippen molar-refractivity contribution in [2.24, 2.45) is 28.1 Å². The van der Waals surface area contributed by atoms with Gasteiger partial charge in [0.2, 0.25) is 0 Å². The van der Waals surface area contributed by atoms with Gasteiger partial charge in [0, 0.05) is 0 Å². The van der Waals surface area contributed by atoms with Crippen LogP contribution in [0.1, 0.15) is 59.8 Å². The summed E-state index contributed by atoms with van der Waals surface area (Å²) in [5.41, 5.74) is 1.49. The Morgan fingerprint density at radius 1 is 1.06 bits per heavy atom. The third kappa shape index (κ3) is 1.02. The summed E-state index contributed by atoms with van der Waals surface area (Å²) in [5, 5.41) is 10.2. The molecule has 1 N–H and O–H groups in total. The van der Waals surface area contributed by atoms with Crippen LogP contribution in [0.2, 0.25) is 0 Å². The van der Waals surface area contributed by atoms with Gasteiger partial charge in [0.15, 0.2) is 0 Å². The first-order valence-electron chi connectivity index (χ1n) is 7.02. The predicted molar refractivity (Wildman–Crippen MR) is 66.1 cm³/mol. The van der Waals surface area contributed by atoms with Crippen molar-refractivity contribution in [3.05, 3.63) is 0 Å². The molecule has 0 amide bonds. The van der Waals surface area contributed by atoms with Crippen molar-refractivity contribution in [3.63, 3.8) is 0 Å². The molecule has 1 nitrogen and oxygen atoms in total. The number of aliphatic hydroxyl groups is 1. The predicted octanol–water partition coefficient (Wildman–Crippen LogP) is 3.61. The van der Waals surface area contributed by atoms with Gasteiger partial charge in [-0.25, -0.2) is 0 Å². The molecule has 0 aromatic carbocycles. The summed E-state index contributed by atoms with van der Waals surface area (Å²) in [6.07, 6.45) is 6.49. The van der Waals surface area contributed by atoms with Crippen molar-refractivity contribution in [3.8, 4) is 0 Å². The molecule has 0 bridgehead atoms. The van der Waals surface area contributed by atoms with E-state index in [1.54, 1.807) is 0 Å². The minimum absolute atomic E-state index is 0.0421. The number of aliphatic hydroxyl groups excluding tert-OH is 1. The highest BCUT2D eigenvalue weighted by molar-refractivity contribution is 5.23. The third-order valence-electron chi connectivity index (χ3n) is 6.73. The Bertz CT molecular complexity index is 321. The van der Waals surface area contributed by atoms with Gasteiger partial charge in [0.1, 0.15) is 0 Å². The zero-order valence-electron chi connectivity index (χ0n) is 11.2. The lowest BCUT2D eigenvalue weighted by molar-refractivity contribution is -0.111. The van der Waals surface area contributed by atoms with Crippen LogP contribution in [0.15, 0.2) is 0 Å². The monoisotopic (exact) mass is 222 g/mol. The molecular formula is C15H26O. The fourth-order valence-corrected chi connectivity index (χ4v) is 5.78. The SMILES string of the molecule is C[C@@H]1[C@@H](O)C[C@]2(C)CCCC(C)(C)[C@@]23C[C@@H]13. The Morgan fingerprint density at radius 3 is 2.44 bits per heavy atom. The summed E-state index contributed by atoms with van der Waals surface area (Å²) >= 11 is 0. The van der Waals surface area contributed by atoms with Crippen molar-refractivity contribution in [2.45, 2.75) is 65.9 Å². The van der Waals surface area contributed by atoms with E-state index in [1.165, 1.54) is 25.7 Å². The van der Waals surface area contributed by atoms with E-state index in [4.69, 9.17) is 0 Å². The van der Waals surface area contributed by atoms with Gasteiger partial charge in [-0.15, -0.1) is 0 Å². The first-order valence-corrected chi connectivity index (χ1v) is 7.02. The van der Waals surface area contributed by atoms with Crippen molar-refractivity contribution in [1.29, 1.82) is 0 Å². The highest BCUT2D eigenvalue weighted by Gasteiger charge is 2.75. The van der Waals surface area contributed by atoms with Gasteiger partial charge in [-0.2, -0.15) is 0 Å². The highest BCUT2D eigenvalue weighted by Crippen LogP contribution is 2.81. The van der Waals surface area contributed by atoms with Crippen LogP contribution < -0.4 is 0 Å². The Morgan fingerprint density at radius 2 is 1.75 bits per heavy atom. The van der Waals surface area contributed by atoms with Crippen LogP contribution in [0.5, 0.6) is 0 Å². The summed E-state index contributed by atoms with van der Waals surface area (Å²) in [5.74, 6) is 1.34. The summed E-state index contributed by atoms with van der Waals surface area (Å²) in [6, 6.07) is 0. The summed E-state index contributed by atoms with van der Waals surface area (Å²) in [7, 11) is 0. The smallest absolute Gasteiger partial charge is 0.0574 e. The van der Waals surface area contributed by atoms with Crippen LogP contribution in [-0.2, 0) is 0 Å². The molecule has 3 fully saturated rings. The molecule has 3 aliphatic rings. The maximum atomic E-state index is 10.2. The Balaban J connectivity index is 2.03. The van der Waals surface area contributed by atoms with Crippen LogP contribution in [0.4, 0.5) is 0 Å². The van der Waals surface area contributed by atoms with Gasteiger partial charge in [-0.3, -0.25) is 0 Å². The normalized spacial score (nSPS) is 58.7. The van der Waals surface area contributed by atoms with Crippen molar-refractivity contribution in [1.82, 2.24) is 0 Å². The second-order valence-corrected chi connectivity index (χ2v) is 7.71. The molecule has 0 saturated heterocycles. The lowest BCUT2D eigenvalue weighted by atomic mass is 9.48. The fraction of sp³-hybridized carbons (Fsp3) is 1.00. The van der Waals surface area contributed by atoms with Crippen LogP contribution in [0.25, 0.3) is 0 Å². The van der Waals surface area contributed by atoms with Gasteiger partial charge in [0.25, 0.3) is 0 Å². The zero-order chi connectivity index (χ0) is 11.8. The molecular weight excluding hydrogens is 196 g/mol. The van der Waals surface area contributed by atoms with Gasteiger partial charge in [0.05, 0.1) is 6.10 Å². The second kappa shape index (κ2) is 2.85. The zero-order valence-corrected chi connectivity index (χ0v) is 11.2. The fourth-order valence-electron chi connectivity index (χ4n) is 5.78. The van der Waals surface area contributed by atoms with E-state index in [9.17, 15) is 5.11 Å². The molecule has 1 heteroatoms. The highest BCUT2D eigenvalue weighted by atomic mass is 16.3. The first-order chi connectivity index (χ1) is 7.34. The summed E-state index contributed by atoms with van der Waals surface area (Å²) in [6.45, 7) is 9.70. The molecule has 0 unspecified atom stereocenters. The quantitative estimate of drug-likeness (QED) is 0.664. The van der Waals surface area contributed by atoms with Crippen molar-refractivity contribution in [2.75, 3.05) is 0 Å². The summed E-state index contributed by atoms with van der Waals surface area (Å²) < 4.78 is 0. The van der Waals surface area contributed by atoms with E-state index < -0.39 is 0 Å². The number of hydrogen-bond donors (Lipinski definition) is 1. The van der Waals surface area contributed by atoms with E-state index in [-0.39, 0.29) is 6.10 Å². The minimum Gasteiger partial charge on any atom is -0.393 e. The van der Waals surface area contributed by atoms with E-state index in [1.807, 2.05) is 0 Å². The molecule has 92 valence electrons. The summed E-state index contributed by atoms with van der Waals surface area (Å²) in [4.78, 5) is 0. The van der Waals surface area contributed by atoms with Gasteiger partial charge >= 0.3 is 0 Å². The van der Waals surface area contributed by atoms with Crippen LogP contribution in [-0.4, -0.2) is 11.2 Å². The topological polar surface area (TPSA) is 20.2 Å². The van der Waals surface area contributed by atoms with Crippen LogP contribution in [0, 0.1) is 28.1 Å². The van der Waals surface area contributed by atoms with Crippen LogP contribution >= 0.6 is 0 Å². The van der Waals surface area contributed by atoms with E-state index in [0.717, 1.165) is 12.3 Å². The average molecular weight is 222 g/mol. The average Bonchev–Trinajstić information content (AvgIpc) is 2.89. The van der Waals surface area contributed by atoms with E-state index >= 15 is 0 Å². The van der Waals surface area contributed by atoms with Gasteiger partial charge in [-0.1, -0.05) is 34.1 Å². The molecule has 0 heterocycles. The first kappa shape index (κ1) is 11.1. The van der Waals surface area contributed by atoms with Crippen LogP contribution in [0.3, 0.4) is 0 Å². The molecule has 0 aliphatic heterocycles.